The van der Waals surface area contributed by atoms with Crippen molar-refractivity contribution in [2.24, 2.45) is 11.8 Å². The Labute approximate surface area is 154 Å². The van der Waals surface area contributed by atoms with Gasteiger partial charge in [0.1, 0.15) is 6.10 Å². The molecule has 1 N–H and O–H groups in total. The van der Waals surface area contributed by atoms with Crippen molar-refractivity contribution in [3.8, 4) is 0 Å². The first-order valence-corrected chi connectivity index (χ1v) is 9.98. The fourth-order valence-corrected chi connectivity index (χ4v) is 4.14. The molecule has 1 amide bonds. The van der Waals surface area contributed by atoms with Gasteiger partial charge in [-0.2, -0.15) is 5.10 Å². The number of hydrogen-bond acceptors (Lipinski definition) is 4. The van der Waals surface area contributed by atoms with Gasteiger partial charge in [-0.25, -0.2) is 0 Å². The number of rotatable bonds is 5. The second-order valence-electron chi connectivity index (χ2n) is 7.65. The molecule has 0 bridgehead atoms. The average molecular weight is 359 g/mol. The van der Waals surface area contributed by atoms with Crippen molar-refractivity contribution in [2.75, 3.05) is 26.4 Å². The molecule has 6 heteroatoms. The van der Waals surface area contributed by atoms with Crippen molar-refractivity contribution in [1.29, 1.82) is 0 Å². The molecule has 4 rings (SSSR count). The monoisotopic (exact) mass is 359 g/mol. The predicted molar refractivity (Wildman–Crippen MR) is 97.7 cm³/mol. The molecule has 0 unspecified atom stereocenters. The second-order valence-corrected chi connectivity index (χ2v) is 7.65. The molecule has 2 aliphatic heterocycles. The summed E-state index contributed by atoms with van der Waals surface area (Å²) >= 11 is 0. The first kappa shape index (κ1) is 17.7. The summed E-state index contributed by atoms with van der Waals surface area (Å²) < 4.78 is 13.4. The zero-order chi connectivity index (χ0) is 17.8. The summed E-state index contributed by atoms with van der Waals surface area (Å²) in [5, 5.41) is 7.90. The van der Waals surface area contributed by atoms with Crippen molar-refractivity contribution >= 4 is 5.91 Å². The van der Waals surface area contributed by atoms with Crippen LogP contribution in [0.1, 0.15) is 49.5 Å². The SMILES string of the molecule is O=C(NC[C@@H]1OCCc2cn(CC3CCOCC3)nc21)[C@H]1CC=CCC1. The summed E-state index contributed by atoms with van der Waals surface area (Å²) in [6.07, 6.45) is 12.2. The zero-order valence-electron chi connectivity index (χ0n) is 15.4. The van der Waals surface area contributed by atoms with E-state index in [2.05, 4.69) is 28.3 Å². The number of amides is 1. The lowest BCUT2D eigenvalue weighted by atomic mass is 9.93. The molecule has 0 radical (unpaired) electrons. The molecule has 0 saturated carbocycles. The second kappa shape index (κ2) is 8.35. The Morgan fingerprint density at radius 3 is 2.92 bits per heavy atom. The van der Waals surface area contributed by atoms with Crippen LogP contribution >= 0.6 is 0 Å². The Bertz CT molecular complexity index is 649. The van der Waals surface area contributed by atoms with Gasteiger partial charge < -0.3 is 14.8 Å². The highest BCUT2D eigenvalue weighted by Crippen LogP contribution is 2.27. The molecule has 1 aromatic heterocycles. The van der Waals surface area contributed by atoms with E-state index in [0.717, 1.165) is 64.0 Å². The lowest BCUT2D eigenvalue weighted by molar-refractivity contribution is -0.126. The van der Waals surface area contributed by atoms with Crippen LogP contribution in [0.3, 0.4) is 0 Å². The van der Waals surface area contributed by atoms with E-state index in [4.69, 9.17) is 14.6 Å². The summed E-state index contributed by atoms with van der Waals surface area (Å²) in [6, 6.07) is 0. The zero-order valence-corrected chi connectivity index (χ0v) is 15.4. The molecule has 3 aliphatic rings. The van der Waals surface area contributed by atoms with Gasteiger partial charge in [0, 0.05) is 38.4 Å². The van der Waals surface area contributed by atoms with Gasteiger partial charge in [-0.1, -0.05) is 12.2 Å². The van der Waals surface area contributed by atoms with Crippen LogP contribution in [-0.2, 0) is 27.2 Å². The van der Waals surface area contributed by atoms with Crippen molar-refractivity contribution < 1.29 is 14.3 Å². The highest BCUT2D eigenvalue weighted by Gasteiger charge is 2.27. The fourth-order valence-electron chi connectivity index (χ4n) is 4.14. The van der Waals surface area contributed by atoms with Gasteiger partial charge in [-0.3, -0.25) is 9.48 Å². The minimum absolute atomic E-state index is 0.106. The molecule has 6 nitrogen and oxygen atoms in total. The number of allylic oxidation sites excluding steroid dienone is 2. The number of hydrogen-bond donors (Lipinski definition) is 1. The van der Waals surface area contributed by atoms with E-state index in [-0.39, 0.29) is 17.9 Å². The minimum Gasteiger partial charge on any atom is -0.381 e. The summed E-state index contributed by atoms with van der Waals surface area (Å²) in [5.41, 5.74) is 2.27. The Morgan fingerprint density at radius 1 is 1.23 bits per heavy atom. The number of fused-ring (bicyclic) bond motifs is 1. The third-order valence-corrected chi connectivity index (χ3v) is 5.75. The van der Waals surface area contributed by atoms with Gasteiger partial charge >= 0.3 is 0 Å². The van der Waals surface area contributed by atoms with Crippen molar-refractivity contribution in [3.05, 3.63) is 29.6 Å². The number of nitrogens with zero attached hydrogens (tertiary/aromatic N) is 2. The maximum absolute atomic E-state index is 12.4. The van der Waals surface area contributed by atoms with E-state index in [1.165, 1.54) is 5.56 Å². The number of nitrogens with one attached hydrogen (secondary N) is 1. The van der Waals surface area contributed by atoms with E-state index in [1.807, 2.05) is 0 Å². The van der Waals surface area contributed by atoms with Crippen LogP contribution in [0.25, 0.3) is 0 Å². The molecule has 2 atom stereocenters. The molecule has 1 saturated heterocycles. The van der Waals surface area contributed by atoms with E-state index in [0.29, 0.717) is 19.1 Å². The van der Waals surface area contributed by atoms with Gasteiger partial charge in [0.2, 0.25) is 5.91 Å². The average Bonchev–Trinajstić information content (AvgIpc) is 3.10. The van der Waals surface area contributed by atoms with E-state index >= 15 is 0 Å². The van der Waals surface area contributed by atoms with Crippen LogP contribution in [0.4, 0.5) is 0 Å². The third kappa shape index (κ3) is 4.18. The largest absolute Gasteiger partial charge is 0.381 e. The van der Waals surface area contributed by atoms with Gasteiger partial charge in [0.15, 0.2) is 0 Å². The Morgan fingerprint density at radius 2 is 2.12 bits per heavy atom. The Kier molecular flexibility index (Phi) is 5.70. The molecule has 142 valence electrons. The highest BCUT2D eigenvalue weighted by molar-refractivity contribution is 5.79. The Hall–Kier alpha value is -1.66. The molecule has 3 heterocycles. The quantitative estimate of drug-likeness (QED) is 0.820. The van der Waals surface area contributed by atoms with Gasteiger partial charge in [-0.05, 0) is 50.0 Å². The first-order chi connectivity index (χ1) is 12.8. The summed E-state index contributed by atoms with van der Waals surface area (Å²) in [7, 11) is 0. The van der Waals surface area contributed by atoms with Crippen LogP contribution in [0.5, 0.6) is 0 Å². The lowest BCUT2D eigenvalue weighted by Gasteiger charge is -2.24. The number of carbonyl (C=O) groups excluding carboxylic acids is 1. The van der Waals surface area contributed by atoms with Gasteiger partial charge in [0.05, 0.1) is 12.3 Å². The topological polar surface area (TPSA) is 65.4 Å². The van der Waals surface area contributed by atoms with Crippen LogP contribution < -0.4 is 5.32 Å². The molecular formula is C20H29N3O3. The first-order valence-electron chi connectivity index (χ1n) is 9.98. The number of carbonyl (C=O) groups is 1. The highest BCUT2D eigenvalue weighted by atomic mass is 16.5. The molecule has 1 aromatic rings. The third-order valence-electron chi connectivity index (χ3n) is 5.75. The number of ether oxygens (including phenoxy) is 2. The van der Waals surface area contributed by atoms with Crippen molar-refractivity contribution in [1.82, 2.24) is 15.1 Å². The van der Waals surface area contributed by atoms with Crippen LogP contribution in [0, 0.1) is 11.8 Å². The fraction of sp³-hybridized carbons (Fsp3) is 0.700. The molecule has 0 aromatic carbocycles. The van der Waals surface area contributed by atoms with E-state index < -0.39 is 0 Å². The van der Waals surface area contributed by atoms with E-state index in [1.54, 1.807) is 0 Å². The standard InChI is InChI=1S/C20H29N3O3/c24-20(16-4-2-1-3-5-16)21-12-18-19-17(8-11-26-18)14-23(22-19)13-15-6-9-25-10-7-15/h1-2,14-16,18H,3-13H2,(H,21,24)/t16-,18-/m0/s1. The molecule has 26 heavy (non-hydrogen) atoms. The summed E-state index contributed by atoms with van der Waals surface area (Å²) in [6.45, 7) is 3.88. The Balaban J connectivity index is 1.35. The smallest absolute Gasteiger partial charge is 0.223 e. The maximum Gasteiger partial charge on any atom is 0.223 e. The van der Waals surface area contributed by atoms with E-state index in [9.17, 15) is 4.79 Å². The van der Waals surface area contributed by atoms with Crippen LogP contribution in [-0.4, -0.2) is 42.1 Å². The normalized spacial score (nSPS) is 26.5. The molecule has 0 spiro atoms. The molecular weight excluding hydrogens is 330 g/mol. The molecule has 1 aliphatic carbocycles. The predicted octanol–water partition coefficient (Wildman–Crippen LogP) is 2.40. The summed E-state index contributed by atoms with van der Waals surface area (Å²) in [4.78, 5) is 12.4. The van der Waals surface area contributed by atoms with Crippen LogP contribution in [0.2, 0.25) is 0 Å². The minimum atomic E-state index is -0.127. The summed E-state index contributed by atoms with van der Waals surface area (Å²) in [5.74, 6) is 0.893. The van der Waals surface area contributed by atoms with Crippen molar-refractivity contribution in [3.63, 3.8) is 0 Å². The molecule has 1 fully saturated rings. The number of aromatic nitrogens is 2. The van der Waals surface area contributed by atoms with Crippen molar-refractivity contribution in [2.45, 2.75) is 51.2 Å². The van der Waals surface area contributed by atoms with Crippen LogP contribution in [0.15, 0.2) is 18.3 Å². The lowest BCUT2D eigenvalue weighted by Crippen LogP contribution is -2.36. The maximum atomic E-state index is 12.4. The van der Waals surface area contributed by atoms with Gasteiger partial charge in [-0.15, -0.1) is 0 Å². The van der Waals surface area contributed by atoms with Gasteiger partial charge in [0.25, 0.3) is 0 Å².